The molecule has 1 fully saturated rings. The summed E-state index contributed by atoms with van der Waals surface area (Å²) in [4.78, 5) is 22.7. The molecular formula is C12H14N2O3S. The lowest BCUT2D eigenvalue weighted by Gasteiger charge is -2.19. The normalized spacial score (nSPS) is 22.4. The number of carbonyl (C=O) groups excluding carboxylic acids is 2. The van der Waals surface area contributed by atoms with E-state index in [4.69, 9.17) is 10.5 Å². The van der Waals surface area contributed by atoms with E-state index < -0.39 is 6.03 Å². The Morgan fingerprint density at radius 2 is 2.00 bits per heavy atom. The maximum absolute atomic E-state index is 11.9. The van der Waals surface area contributed by atoms with Crippen molar-refractivity contribution in [1.29, 1.82) is 0 Å². The van der Waals surface area contributed by atoms with Gasteiger partial charge in [0.25, 0.3) is 0 Å². The van der Waals surface area contributed by atoms with Crippen LogP contribution in [0.4, 0.5) is 4.79 Å². The van der Waals surface area contributed by atoms with Crippen molar-refractivity contribution in [2.75, 3.05) is 11.5 Å². The third-order valence-corrected chi connectivity index (χ3v) is 3.78. The Bertz CT molecular complexity index is 438. The van der Waals surface area contributed by atoms with Gasteiger partial charge in [-0.2, -0.15) is 11.8 Å². The van der Waals surface area contributed by atoms with Crippen molar-refractivity contribution >= 4 is 23.8 Å². The molecule has 6 heteroatoms. The second kappa shape index (κ2) is 5.77. The van der Waals surface area contributed by atoms with E-state index in [1.54, 1.807) is 36.0 Å². The first-order valence-corrected chi connectivity index (χ1v) is 6.72. The SMILES string of the molecule is NC(=O)N[C@@H]1CSC[C@H]1OC(=O)c1ccccc1. The Hall–Kier alpha value is -1.69. The zero-order chi connectivity index (χ0) is 13.0. The molecule has 1 aliphatic rings. The van der Waals surface area contributed by atoms with Crippen LogP contribution in [0.3, 0.4) is 0 Å². The Labute approximate surface area is 109 Å². The summed E-state index contributed by atoms with van der Waals surface area (Å²) in [7, 11) is 0. The van der Waals surface area contributed by atoms with Crippen LogP contribution < -0.4 is 11.1 Å². The van der Waals surface area contributed by atoms with Crippen LogP contribution in [0, 0.1) is 0 Å². The second-order valence-corrected chi connectivity index (χ2v) is 5.04. The highest BCUT2D eigenvalue weighted by Crippen LogP contribution is 2.22. The van der Waals surface area contributed by atoms with Crippen molar-refractivity contribution in [3.05, 3.63) is 35.9 Å². The van der Waals surface area contributed by atoms with Crippen molar-refractivity contribution < 1.29 is 14.3 Å². The quantitative estimate of drug-likeness (QED) is 0.800. The van der Waals surface area contributed by atoms with E-state index in [1.165, 1.54) is 0 Å². The van der Waals surface area contributed by atoms with Gasteiger partial charge in [0, 0.05) is 11.5 Å². The van der Waals surface area contributed by atoms with Gasteiger partial charge >= 0.3 is 12.0 Å². The number of ether oxygens (including phenoxy) is 1. The number of hydrogen-bond donors (Lipinski definition) is 2. The van der Waals surface area contributed by atoms with Crippen LogP contribution in [0.2, 0.25) is 0 Å². The molecule has 0 radical (unpaired) electrons. The number of esters is 1. The minimum Gasteiger partial charge on any atom is -0.456 e. The average molecular weight is 266 g/mol. The summed E-state index contributed by atoms with van der Waals surface area (Å²) in [6.07, 6.45) is -0.324. The standard InChI is InChI=1S/C12H14N2O3S/c13-12(16)14-9-6-18-7-10(9)17-11(15)8-4-2-1-3-5-8/h1-5,9-10H,6-7H2,(H3,13,14,16)/t9-,10-/m1/s1. The molecule has 2 amide bonds. The van der Waals surface area contributed by atoms with Crippen molar-refractivity contribution in [3.63, 3.8) is 0 Å². The number of nitrogens with two attached hydrogens (primary N) is 1. The van der Waals surface area contributed by atoms with Gasteiger partial charge in [-0.1, -0.05) is 18.2 Å². The van der Waals surface area contributed by atoms with E-state index in [0.717, 1.165) is 0 Å². The van der Waals surface area contributed by atoms with E-state index in [2.05, 4.69) is 5.32 Å². The lowest BCUT2D eigenvalue weighted by molar-refractivity contribution is 0.0306. The highest BCUT2D eigenvalue weighted by molar-refractivity contribution is 7.99. The predicted molar refractivity (Wildman–Crippen MR) is 69.5 cm³/mol. The molecule has 1 aromatic carbocycles. The zero-order valence-corrected chi connectivity index (χ0v) is 10.5. The summed E-state index contributed by atoms with van der Waals surface area (Å²) in [5.41, 5.74) is 5.58. The van der Waals surface area contributed by atoms with Gasteiger partial charge in [-0.3, -0.25) is 0 Å². The minimum atomic E-state index is -0.594. The molecule has 2 atom stereocenters. The third-order valence-electron chi connectivity index (χ3n) is 2.62. The summed E-state index contributed by atoms with van der Waals surface area (Å²) >= 11 is 1.62. The first kappa shape index (κ1) is 12.8. The highest BCUT2D eigenvalue weighted by atomic mass is 32.2. The number of amides is 2. The molecule has 0 bridgehead atoms. The number of urea groups is 1. The van der Waals surface area contributed by atoms with Crippen LogP contribution in [0.25, 0.3) is 0 Å². The van der Waals surface area contributed by atoms with Gasteiger partial charge in [-0.05, 0) is 12.1 Å². The maximum Gasteiger partial charge on any atom is 0.338 e. The van der Waals surface area contributed by atoms with Crippen LogP contribution >= 0.6 is 11.8 Å². The van der Waals surface area contributed by atoms with Crippen LogP contribution in [0.15, 0.2) is 30.3 Å². The first-order chi connectivity index (χ1) is 8.66. The zero-order valence-electron chi connectivity index (χ0n) is 9.67. The van der Waals surface area contributed by atoms with Gasteiger partial charge < -0.3 is 15.8 Å². The number of carbonyl (C=O) groups is 2. The Morgan fingerprint density at radius 3 is 2.67 bits per heavy atom. The molecule has 1 aromatic rings. The van der Waals surface area contributed by atoms with E-state index in [9.17, 15) is 9.59 Å². The first-order valence-electron chi connectivity index (χ1n) is 5.56. The van der Waals surface area contributed by atoms with Crippen LogP contribution in [-0.4, -0.2) is 35.7 Å². The van der Waals surface area contributed by atoms with Gasteiger partial charge in [-0.25, -0.2) is 9.59 Å². The molecule has 96 valence electrons. The van der Waals surface area contributed by atoms with E-state index in [-0.39, 0.29) is 18.1 Å². The largest absolute Gasteiger partial charge is 0.456 e. The second-order valence-electron chi connectivity index (χ2n) is 3.96. The summed E-state index contributed by atoms with van der Waals surface area (Å²) in [5.74, 6) is 0.999. The number of hydrogen-bond acceptors (Lipinski definition) is 4. The molecule has 1 saturated heterocycles. The Balaban J connectivity index is 1.96. The number of benzene rings is 1. The lowest BCUT2D eigenvalue weighted by Crippen LogP contribution is -2.46. The monoisotopic (exact) mass is 266 g/mol. The minimum absolute atomic E-state index is 0.208. The van der Waals surface area contributed by atoms with Crippen molar-refractivity contribution in [1.82, 2.24) is 5.32 Å². The molecule has 5 nitrogen and oxygen atoms in total. The van der Waals surface area contributed by atoms with Gasteiger partial charge in [-0.15, -0.1) is 0 Å². The molecular weight excluding hydrogens is 252 g/mol. The fourth-order valence-electron chi connectivity index (χ4n) is 1.75. The van der Waals surface area contributed by atoms with Crippen LogP contribution in [0.5, 0.6) is 0 Å². The molecule has 1 aliphatic heterocycles. The highest BCUT2D eigenvalue weighted by Gasteiger charge is 2.32. The fraction of sp³-hybridized carbons (Fsp3) is 0.333. The summed E-state index contributed by atoms with van der Waals surface area (Å²) < 4.78 is 5.38. The summed E-state index contributed by atoms with van der Waals surface area (Å²) in [5, 5.41) is 2.59. The van der Waals surface area contributed by atoms with Gasteiger partial charge in [0.1, 0.15) is 6.10 Å². The summed E-state index contributed by atoms with van der Waals surface area (Å²) in [6.45, 7) is 0. The molecule has 18 heavy (non-hydrogen) atoms. The van der Waals surface area contributed by atoms with Gasteiger partial charge in [0.05, 0.1) is 11.6 Å². The third kappa shape index (κ3) is 3.16. The predicted octanol–water partition coefficient (Wildman–Crippen LogP) is 0.996. The smallest absolute Gasteiger partial charge is 0.338 e. The number of primary amides is 1. The average Bonchev–Trinajstić information content (AvgIpc) is 2.77. The molecule has 0 spiro atoms. The van der Waals surface area contributed by atoms with Gasteiger partial charge in [0.2, 0.25) is 0 Å². The van der Waals surface area contributed by atoms with Gasteiger partial charge in [0.15, 0.2) is 0 Å². The molecule has 1 heterocycles. The fourth-order valence-corrected chi connectivity index (χ4v) is 2.97. The number of thioether (sulfide) groups is 1. The summed E-state index contributed by atoms with van der Waals surface area (Å²) in [6, 6.07) is 7.98. The maximum atomic E-state index is 11.9. The van der Waals surface area contributed by atoms with E-state index in [0.29, 0.717) is 17.1 Å². The van der Waals surface area contributed by atoms with Crippen molar-refractivity contribution in [3.8, 4) is 0 Å². The van der Waals surface area contributed by atoms with Crippen LogP contribution in [0.1, 0.15) is 10.4 Å². The lowest BCUT2D eigenvalue weighted by atomic mass is 10.2. The number of nitrogens with one attached hydrogen (secondary N) is 1. The van der Waals surface area contributed by atoms with E-state index >= 15 is 0 Å². The van der Waals surface area contributed by atoms with Crippen molar-refractivity contribution in [2.24, 2.45) is 5.73 Å². The molecule has 3 N–H and O–H groups in total. The molecule has 0 aliphatic carbocycles. The molecule has 0 saturated carbocycles. The molecule has 0 unspecified atom stereocenters. The number of rotatable bonds is 3. The van der Waals surface area contributed by atoms with Crippen molar-refractivity contribution in [2.45, 2.75) is 12.1 Å². The molecule has 0 aromatic heterocycles. The van der Waals surface area contributed by atoms with E-state index in [1.807, 2.05) is 6.07 Å². The topological polar surface area (TPSA) is 81.4 Å². The van der Waals surface area contributed by atoms with Crippen LogP contribution in [-0.2, 0) is 4.74 Å². The Kier molecular flexibility index (Phi) is 4.09. The Morgan fingerprint density at radius 1 is 1.28 bits per heavy atom. The molecule has 2 rings (SSSR count).